The van der Waals surface area contributed by atoms with Gasteiger partial charge in [-0.25, -0.2) is 0 Å². The Balaban J connectivity index is 1.86. The molecule has 1 fully saturated rings. The quantitative estimate of drug-likeness (QED) is 0.838. The van der Waals surface area contributed by atoms with Crippen molar-refractivity contribution < 1.29 is 9.53 Å². The summed E-state index contributed by atoms with van der Waals surface area (Å²) in [4.78, 5) is 14.2. The van der Waals surface area contributed by atoms with Crippen molar-refractivity contribution in [3.8, 4) is 5.75 Å². The zero-order chi connectivity index (χ0) is 15.1. The second kappa shape index (κ2) is 8.00. The third-order valence-corrected chi connectivity index (χ3v) is 3.54. The van der Waals surface area contributed by atoms with E-state index in [2.05, 4.69) is 15.5 Å². The van der Waals surface area contributed by atoms with Crippen LogP contribution in [0, 0.1) is 0 Å². The number of ether oxygens (including phenoxy) is 1. The van der Waals surface area contributed by atoms with E-state index in [4.69, 9.17) is 4.74 Å². The van der Waals surface area contributed by atoms with Crippen LogP contribution >= 0.6 is 0 Å². The highest BCUT2D eigenvalue weighted by Gasteiger charge is 2.20. The fraction of sp³-hybridized carbons (Fsp3) is 0.562. The van der Waals surface area contributed by atoms with Gasteiger partial charge in [0, 0.05) is 18.3 Å². The van der Waals surface area contributed by atoms with Crippen LogP contribution in [0.3, 0.4) is 0 Å². The molecule has 2 N–H and O–H groups in total. The number of rotatable bonds is 6. The van der Waals surface area contributed by atoms with Crippen LogP contribution in [0.5, 0.6) is 5.75 Å². The molecule has 0 aliphatic carbocycles. The Morgan fingerprint density at radius 1 is 1.43 bits per heavy atom. The summed E-state index contributed by atoms with van der Waals surface area (Å²) in [6.45, 7) is 2.42. The first-order chi connectivity index (χ1) is 10.1. The molecule has 5 nitrogen and oxygen atoms in total. The lowest BCUT2D eigenvalue weighted by Crippen LogP contribution is -2.43. The van der Waals surface area contributed by atoms with Crippen LogP contribution in [0.2, 0.25) is 0 Å². The average Bonchev–Trinajstić information content (AvgIpc) is 2.48. The van der Waals surface area contributed by atoms with Gasteiger partial charge in [-0.15, -0.1) is 0 Å². The summed E-state index contributed by atoms with van der Waals surface area (Å²) >= 11 is 0. The predicted octanol–water partition coefficient (Wildman–Crippen LogP) is 1.71. The lowest BCUT2D eigenvalue weighted by molar-refractivity contribution is -0.118. The van der Waals surface area contributed by atoms with Gasteiger partial charge >= 0.3 is 0 Å². The zero-order valence-electron chi connectivity index (χ0n) is 12.9. The van der Waals surface area contributed by atoms with Gasteiger partial charge < -0.3 is 20.3 Å². The van der Waals surface area contributed by atoms with Crippen LogP contribution < -0.4 is 15.4 Å². The Labute approximate surface area is 126 Å². The second-order valence-electron chi connectivity index (χ2n) is 5.67. The van der Waals surface area contributed by atoms with Gasteiger partial charge in [-0.05, 0) is 45.6 Å². The number of amides is 1. The van der Waals surface area contributed by atoms with Gasteiger partial charge in [0.05, 0.1) is 6.04 Å². The molecule has 1 aromatic rings. The Morgan fingerprint density at radius 3 is 3.00 bits per heavy atom. The van der Waals surface area contributed by atoms with Crippen LogP contribution in [0.25, 0.3) is 0 Å². The van der Waals surface area contributed by atoms with E-state index in [0.29, 0.717) is 6.61 Å². The first kappa shape index (κ1) is 15.8. The molecule has 0 saturated carbocycles. The third kappa shape index (κ3) is 5.36. The molecule has 21 heavy (non-hydrogen) atoms. The van der Waals surface area contributed by atoms with Crippen LogP contribution in [0.1, 0.15) is 19.3 Å². The van der Waals surface area contributed by atoms with E-state index < -0.39 is 0 Å². The molecule has 1 heterocycles. The van der Waals surface area contributed by atoms with Gasteiger partial charge in [0.2, 0.25) is 5.91 Å². The summed E-state index contributed by atoms with van der Waals surface area (Å²) in [5.74, 6) is 0.825. The lowest BCUT2D eigenvalue weighted by Gasteiger charge is -2.22. The number of carbonyl (C=O) groups excluding carboxylic acids is 1. The Kier molecular flexibility index (Phi) is 6.02. The number of benzene rings is 1. The van der Waals surface area contributed by atoms with Gasteiger partial charge in [-0.1, -0.05) is 12.5 Å². The van der Waals surface area contributed by atoms with Gasteiger partial charge in [0.1, 0.15) is 12.4 Å². The van der Waals surface area contributed by atoms with Gasteiger partial charge in [0.15, 0.2) is 0 Å². The number of carbonyl (C=O) groups is 1. The molecule has 1 aliphatic heterocycles. The van der Waals surface area contributed by atoms with Crippen molar-refractivity contribution >= 4 is 11.6 Å². The maximum Gasteiger partial charge on any atom is 0.241 e. The Morgan fingerprint density at radius 2 is 2.29 bits per heavy atom. The van der Waals surface area contributed by atoms with Crippen LogP contribution in [-0.2, 0) is 4.79 Å². The fourth-order valence-corrected chi connectivity index (χ4v) is 2.31. The van der Waals surface area contributed by atoms with Gasteiger partial charge in [-0.2, -0.15) is 0 Å². The number of hydrogen-bond acceptors (Lipinski definition) is 4. The van der Waals surface area contributed by atoms with Crippen LogP contribution in [-0.4, -0.2) is 50.6 Å². The second-order valence-corrected chi connectivity index (χ2v) is 5.67. The molecule has 116 valence electrons. The highest BCUT2D eigenvalue weighted by Crippen LogP contribution is 2.18. The van der Waals surface area contributed by atoms with E-state index >= 15 is 0 Å². The molecule has 0 spiro atoms. The summed E-state index contributed by atoms with van der Waals surface area (Å²) in [5.41, 5.74) is 0.787. The molecule has 0 unspecified atom stereocenters. The van der Waals surface area contributed by atoms with Crippen molar-refractivity contribution in [1.82, 2.24) is 10.2 Å². The molecule has 5 heteroatoms. The zero-order valence-corrected chi connectivity index (χ0v) is 12.9. The summed E-state index contributed by atoms with van der Waals surface area (Å²) < 4.78 is 5.68. The number of hydrogen-bond donors (Lipinski definition) is 2. The molecule has 0 bridgehead atoms. The van der Waals surface area contributed by atoms with Gasteiger partial charge in [-0.3, -0.25) is 4.79 Å². The predicted molar refractivity (Wildman–Crippen MR) is 84.8 cm³/mol. The van der Waals surface area contributed by atoms with E-state index in [9.17, 15) is 4.79 Å². The number of nitrogens with one attached hydrogen (secondary N) is 2. The molecule has 0 aromatic heterocycles. The van der Waals surface area contributed by atoms with E-state index in [-0.39, 0.29) is 11.9 Å². The van der Waals surface area contributed by atoms with Crippen molar-refractivity contribution in [1.29, 1.82) is 0 Å². The topological polar surface area (TPSA) is 53.6 Å². The molecule has 1 amide bonds. The Hall–Kier alpha value is -1.59. The first-order valence-corrected chi connectivity index (χ1v) is 7.57. The SMILES string of the molecule is CN(C)CCOc1cccc(NC(=O)[C@H]2CCCCN2)c1. The van der Waals surface area contributed by atoms with E-state index in [0.717, 1.165) is 43.8 Å². The monoisotopic (exact) mass is 291 g/mol. The minimum atomic E-state index is -0.0722. The average molecular weight is 291 g/mol. The number of piperidine rings is 1. The minimum Gasteiger partial charge on any atom is -0.492 e. The summed E-state index contributed by atoms with van der Waals surface area (Å²) in [7, 11) is 4.02. The number of anilines is 1. The van der Waals surface area contributed by atoms with Crippen molar-refractivity contribution in [2.45, 2.75) is 25.3 Å². The maximum absolute atomic E-state index is 12.2. The van der Waals surface area contributed by atoms with Crippen molar-refractivity contribution in [3.63, 3.8) is 0 Å². The molecular weight excluding hydrogens is 266 g/mol. The third-order valence-electron chi connectivity index (χ3n) is 3.54. The summed E-state index contributed by atoms with van der Waals surface area (Å²) in [6.07, 6.45) is 3.17. The number of nitrogens with zero attached hydrogens (tertiary/aromatic N) is 1. The van der Waals surface area contributed by atoms with Crippen molar-refractivity contribution in [2.24, 2.45) is 0 Å². The fourth-order valence-electron chi connectivity index (χ4n) is 2.31. The highest BCUT2D eigenvalue weighted by molar-refractivity contribution is 5.95. The van der Waals surface area contributed by atoms with Crippen LogP contribution in [0.4, 0.5) is 5.69 Å². The smallest absolute Gasteiger partial charge is 0.241 e. The molecule has 1 atom stereocenters. The number of likely N-dealkylation sites (N-methyl/N-ethyl adjacent to an activating group) is 1. The van der Waals surface area contributed by atoms with Crippen molar-refractivity contribution in [3.05, 3.63) is 24.3 Å². The maximum atomic E-state index is 12.2. The Bertz CT molecular complexity index is 457. The van der Waals surface area contributed by atoms with E-state index in [1.807, 2.05) is 38.4 Å². The molecule has 1 aromatic carbocycles. The standard InChI is InChI=1S/C16H25N3O2/c1-19(2)10-11-21-14-7-5-6-13(12-14)18-16(20)15-8-3-4-9-17-15/h5-7,12,15,17H,3-4,8-11H2,1-2H3,(H,18,20)/t15-/m1/s1. The molecule has 1 aliphatic rings. The molecule has 2 rings (SSSR count). The van der Waals surface area contributed by atoms with Crippen LogP contribution in [0.15, 0.2) is 24.3 Å². The summed E-state index contributed by atoms with van der Waals surface area (Å²) in [5, 5.41) is 6.21. The van der Waals surface area contributed by atoms with Crippen molar-refractivity contribution in [2.75, 3.05) is 39.1 Å². The molecule has 1 saturated heterocycles. The first-order valence-electron chi connectivity index (χ1n) is 7.57. The van der Waals surface area contributed by atoms with E-state index in [1.165, 1.54) is 0 Å². The molecule has 0 radical (unpaired) electrons. The van der Waals surface area contributed by atoms with E-state index in [1.54, 1.807) is 0 Å². The van der Waals surface area contributed by atoms with Gasteiger partial charge in [0.25, 0.3) is 0 Å². The minimum absolute atomic E-state index is 0.0418. The highest BCUT2D eigenvalue weighted by atomic mass is 16.5. The normalized spacial score (nSPS) is 18.5. The molecular formula is C16H25N3O2. The summed E-state index contributed by atoms with van der Waals surface area (Å²) in [6, 6.07) is 7.49. The largest absolute Gasteiger partial charge is 0.492 e. The lowest BCUT2D eigenvalue weighted by atomic mass is 10.0.